The number of aromatic nitrogens is 1. The van der Waals surface area contributed by atoms with Crippen LogP contribution in [0.1, 0.15) is 59.0 Å². The van der Waals surface area contributed by atoms with Crippen LogP contribution < -0.4 is 9.47 Å². The summed E-state index contributed by atoms with van der Waals surface area (Å²) < 4.78 is 47.6. The fraction of sp³-hybridized carbons (Fsp3) is 0.419. The van der Waals surface area contributed by atoms with Crippen molar-refractivity contribution < 1.29 is 27.8 Å². The topological polar surface area (TPSA) is 57.7 Å². The Balaban J connectivity index is 1.86. The average Bonchev–Trinajstić information content (AvgIpc) is 2.90. The van der Waals surface area contributed by atoms with Crippen molar-refractivity contribution >= 4 is 5.97 Å². The number of rotatable bonds is 5. The standard InChI is InChI=1S/C31H33F2NO4/c1-6-36-27(35)15-24-18(4)34-19(5)28(22-13-25(32)30-20(16(22)2)9-7-11-37-30)29(24)23-14-26(33)31-21(17(23)3)10-8-12-38-31/h13-14H,6-12,15H2,1-5H3. The minimum Gasteiger partial charge on any atom is -0.490 e. The first-order valence-electron chi connectivity index (χ1n) is 13.3. The van der Waals surface area contributed by atoms with Crippen LogP contribution in [0.15, 0.2) is 12.1 Å². The van der Waals surface area contributed by atoms with Gasteiger partial charge in [-0.3, -0.25) is 9.78 Å². The Hall–Kier alpha value is -3.48. The molecule has 7 heteroatoms. The number of benzene rings is 2. The molecule has 2 aliphatic rings. The molecule has 200 valence electrons. The number of hydrogen-bond acceptors (Lipinski definition) is 5. The number of esters is 1. The molecule has 0 fully saturated rings. The molecule has 0 saturated carbocycles. The van der Waals surface area contributed by atoms with Gasteiger partial charge < -0.3 is 14.2 Å². The van der Waals surface area contributed by atoms with Crippen molar-refractivity contribution in [2.75, 3.05) is 19.8 Å². The van der Waals surface area contributed by atoms with Crippen molar-refractivity contribution in [1.82, 2.24) is 4.98 Å². The zero-order valence-electron chi connectivity index (χ0n) is 22.6. The largest absolute Gasteiger partial charge is 0.490 e. The van der Waals surface area contributed by atoms with Gasteiger partial charge in [0.2, 0.25) is 0 Å². The van der Waals surface area contributed by atoms with Crippen molar-refractivity contribution in [2.24, 2.45) is 0 Å². The highest BCUT2D eigenvalue weighted by Crippen LogP contribution is 2.46. The van der Waals surface area contributed by atoms with E-state index >= 15 is 8.78 Å². The van der Waals surface area contributed by atoms with Crippen LogP contribution in [0.2, 0.25) is 0 Å². The van der Waals surface area contributed by atoms with Crippen molar-refractivity contribution in [2.45, 2.75) is 66.7 Å². The predicted octanol–water partition coefficient (Wildman–Crippen LogP) is 6.68. The first kappa shape index (κ1) is 26.1. The van der Waals surface area contributed by atoms with Crippen LogP contribution in [0, 0.1) is 39.3 Å². The highest BCUT2D eigenvalue weighted by Gasteiger charge is 2.29. The molecule has 0 bridgehead atoms. The van der Waals surface area contributed by atoms with E-state index in [0.717, 1.165) is 35.1 Å². The molecule has 0 N–H and O–H groups in total. The Morgan fingerprint density at radius 2 is 1.39 bits per heavy atom. The lowest BCUT2D eigenvalue weighted by molar-refractivity contribution is -0.142. The number of aryl methyl sites for hydroxylation is 2. The maximum atomic E-state index is 15.5. The minimum absolute atomic E-state index is 0.0283. The molecule has 0 aliphatic carbocycles. The summed E-state index contributed by atoms with van der Waals surface area (Å²) in [6.45, 7) is 10.6. The average molecular weight is 522 g/mol. The van der Waals surface area contributed by atoms with E-state index in [0.29, 0.717) is 76.8 Å². The summed E-state index contributed by atoms with van der Waals surface area (Å²) >= 11 is 0. The Bertz CT molecular complexity index is 1450. The van der Waals surface area contributed by atoms with Crippen LogP contribution >= 0.6 is 0 Å². The lowest BCUT2D eigenvalue weighted by Gasteiger charge is -2.27. The molecule has 0 unspecified atom stereocenters. The number of ether oxygens (including phenoxy) is 3. The summed E-state index contributed by atoms with van der Waals surface area (Å²) in [7, 11) is 0. The van der Waals surface area contributed by atoms with Crippen LogP contribution in [-0.2, 0) is 28.8 Å². The van der Waals surface area contributed by atoms with E-state index in [-0.39, 0.29) is 13.0 Å². The second-order valence-corrected chi connectivity index (χ2v) is 10.1. The molecule has 0 amide bonds. The molecule has 0 spiro atoms. The van der Waals surface area contributed by atoms with Gasteiger partial charge in [0.1, 0.15) is 0 Å². The zero-order valence-corrected chi connectivity index (χ0v) is 22.6. The van der Waals surface area contributed by atoms with Gasteiger partial charge in [-0.15, -0.1) is 0 Å². The number of carbonyl (C=O) groups excluding carboxylic acids is 1. The van der Waals surface area contributed by atoms with Crippen LogP contribution in [0.4, 0.5) is 8.78 Å². The smallest absolute Gasteiger partial charge is 0.310 e. The molecule has 0 atom stereocenters. The van der Waals surface area contributed by atoms with Crippen LogP contribution in [-0.4, -0.2) is 30.8 Å². The minimum atomic E-state index is -0.442. The third-order valence-corrected chi connectivity index (χ3v) is 7.72. The fourth-order valence-electron chi connectivity index (χ4n) is 5.92. The molecule has 2 aromatic carbocycles. The van der Waals surface area contributed by atoms with Gasteiger partial charge in [-0.1, -0.05) is 0 Å². The molecular weight excluding hydrogens is 488 g/mol. The Morgan fingerprint density at radius 1 is 0.868 bits per heavy atom. The molecule has 1 aromatic heterocycles. The first-order valence-corrected chi connectivity index (χ1v) is 13.3. The molecular formula is C31H33F2NO4. The maximum Gasteiger partial charge on any atom is 0.310 e. The lowest BCUT2D eigenvalue weighted by Crippen LogP contribution is -2.15. The van der Waals surface area contributed by atoms with E-state index in [2.05, 4.69) is 0 Å². The Kier molecular flexibility index (Phi) is 7.12. The van der Waals surface area contributed by atoms with Gasteiger partial charge in [-0.25, -0.2) is 8.78 Å². The summed E-state index contributed by atoms with van der Waals surface area (Å²) in [4.78, 5) is 17.5. The van der Waals surface area contributed by atoms with Gasteiger partial charge in [-0.05, 0) is 106 Å². The van der Waals surface area contributed by atoms with Crippen LogP contribution in [0.3, 0.4) is 0 Å². The van der Waals surface area contributed by atoms with Crippen molar-refractivity contribution in [3.8, 4) is 33.8 Å². The molecule has 0 saturated heterocycles. The normalized spacial score (nSPS) is 14.3. The van der Waals surface area contributed by atoms with Gasteiger partial charge in [0.15, 0.2) is 23.1 Å². The predicted molar refractivity (Wildman–Crippen MR) is 142 cm³/mol. The van der Waals surface area contributed by atoms with E-state index in [1.807, 2.05) is 27.7 Å². The number of pyridine rings is 1. The molecule has 0 radical (unpaired) electrons. The van der Waals surface area contributed by atoms with Gasteiger partial charge in [0.25, 0.3) is 0 Å². The van der Waals surface area contributed by atoms with Gasteiger partial charge in [-0.2, -0.15) is 0 Å². The fourth-order valence-corrected chi connectivity index (χ4v) is 5.92. The number of carbonyl (C=O) groups is 1. The quantitative estimate of drug-likeness (QED) is 0.351. The Morgan fingerprint density at radius 3 is 1.92 bits per heavy atom. The molecule has 5 nitrogen and oxygen atoms in total. The number of halogens is 2. The molecule has 5 rings (SSSR count). The third kappa shape index (κ3) is 4.42. The number of hydrogen-bond donors (Lipinski definition) is 0. The number of nitrogens with zero attached hydrogens (tertiary/aromatic N) is 1. The van der Waals surface area contributed by atoms with Crippen LogP contribution in [0.5, 0.6) is 11.5 Å². The van der Waals surface area contributed by atoms with E-state index in [1.165, 1.54) is 12.1 Å². The SMILES string of the molecule is CCOC(=O)Cc1c(C)nc(C)c(-c2cc(F)c3c(c2C)CCCO3)c1-c1cc(F)c2c(c1C)CCCO2. The van der Waals surface area contributed by atoms with Crippen molar-refractivity contribution in [3.05, 3.63) is 63.0 Å². The highest BCUT2D eigenvalue weighted by atomic mass is 19.1. The summed E-state index contributed by atoms with van der Waals surface area (Å²) in [5.74, 6) is -0.671. The van der Waals surface area contributed by atoms with Crippen LogP contribution in [0.25, 0.3) is 22.3 Å². The van der Waals surface area contributed by atoms with E-state index in [1.54, 1.807) is 6.92 Å². The third-order valence-electron chi connectivity index (χ3n) is 7.72. The van der Waals surface area contributed by atoms with E-state index < -0.39 is 17.6 Å². The second kappa shape index (κ2) is 10.4. The second-order valence-electron chi connectivity index (χ2n) is 10.1. The molecule has 2 aliphatic heterocycles. The monoisotopic (exact) mass is 521 g/mol. The van der Waals surface area contributed by atoms with E-state index in [4.69, 9.17) is 19.2 Å². The summed E-state index contributed by atoms with van der Waals surface area (Å²) in [6.07, 6.45) is 2.97. The number of fused-ring (bicyclic) bond motifs is 2. The summed E-state index contributed by atoms with van der Waals surface area (Å²) in [6, 6.07) is 2.97. The Labute approximate surface area is 222 Å². The molecule has 3 heterocycles. The molecule has 3 aromatic rings. The van der Waals surface area contributed by atoms with E-state index in [9.17, 15) is 4.79 Å². The van der Waals surface area contributed by atoms with Crippen molar-refractivity contribution in [3.63, 3.8) is 0 Å². The lowest BCUT2D eigenvalue weighted by atomic mass is 9.82. The summed E-state index contributed by atoms with van der Waals surface area (Å²) in [5, 5.41) is 0. The van der Waals surface area contributed by atoms with Crippen molar-refractivity contribution in [1.29, 1.82) is 0 Å². The highest BCUT2D eigenvalue weighted by molar-refractivity contribution is 5.93. The van der Waals surface area contributed by atoms with Gasteiger partial charge in [0, 0.05) is 28.1 Å². The maximum absolute atomic E-state index is 15.5. The molecule has 38 heavy (non-hydrogen) atoms. The first-order chi connectivity index (χ1) is 18.2. The van der Waals surface area contributed by atoms with Gasteiger partial charge in [0.05, 0.1) is 26.2 Å². The summed E-state index contributed by atoms with van der Waals surface area (Å²) in [5.41, 5.74) is 8.14. The van der Waals surface area contributed by atoms with Gasteiger partial charge >= 0.3 is 5.97 Å². The zero-order chi connectivity index (χ0) is 27.1.